The molecule has 2 heterocycles. The van der Waals surface area contributed by atoms with Gasteiger partial charge in [-0.25, -0.2) is 4.98 Å². The zero-order chi connectivity index (χ0) is 13.4. The SMILES string of the molecule is C1=C(c2cnc3ccccc3n2)Nc2ccccc2N1. The number of fused-ring (bicyclic) bond motifs is 2. The van der Waals surface area contributed by atoms with Gasteiger partial charge in [-0.2, -0.15) is 0 Å². The van der Waals surface area contributed by atoms with Crippen molar-refractivity contribution in [2.24, 2.45) is 0 Å². The summed E-state index contributed by atoms with van der Waals surface area (Å²) in [4.78, 5) is 9.08. The summed E-state index contributed by atoms with van der Waals surface area (Å²) in [6.07, 6.45) is 3.71. The summed E-state index contributed by atoms with van der Waals surface area (Å²) >= 11 is 0. The maximum absolute atomic E-state index is 4.64. The van der Waals surface area contributed by atoms with Crippen molar-refractivity contribution in [3.8, 4) is 0 Å². The molecule has 0 amide bonds. The molecule has 0 atom stereocenters. The first kappa shape index (κ1) is 11.0. The Labute approximate surface area is 116 Å². The zero-order valence-electron chi connectivity index (χ0n) is 10.7. The van der Waals surface area contributed by atoms with Gasteiger partial charge in [0, 0.05) is 6.20 Å². The maximum Gasteiger partial charge on any atom is 0.107 e. The lowest BCUT2D eigenvalue weighted by atomic mass is 10.2. The van der Waals surface area contributed by atoms with Crippen LogP contribution in [-0.2, 0) is 0 Å². The Bertz CT molecular complexity index is 823. The van der Waals surface area contributed by atoms with Gasteiger partial charge in [-0.15, -0.1) is 0 Å². The van der Waals surface area contributed by atoms with Crippen molar-refractivity contribution in [1.82, 2.24) is 9.97 Å². The normalized spacial score (nSPS) is 13.1. The first-order valence-corrected chi connectivity index (χ1v) is 6.45. The van der Waals surface area contributed by atoms with E-state index in [2.05, 4.69) is 20.6 Å². The van der Waals surface area contributed by atoms with Gasteiger partial charge in [-0.3, -0.25) is 4.98 Å². The highest BCUT2D eigenvalue weighted by molar-refractivity contribution is 5.88. The molecule has 1 aliphatic heterocycles. The molecule has 0 saturated carbocycles. The molecule has 0 radical (unpaired) electrons. The molecule has 1 aromatic heterocycles. The van der Waals surface area contributed by atoms with Crippen molar-refractivity contribution in [1.29, 1.82) is 0 Å². The third-order valence-corrected chi connectivity index (χ3v) is 3.29. The van der Waals surface area contributed by atoms with E-state index in [0.29, 0.717) is 0 Å². The minimum absolute atomic E-state index is 0.825. The third-order valence-electron chi connectivity index (χ3n) is 3.29. The van der Waals surface area contributed by atoms with Crippen molar-refractivity contribution in [2.45, 2.75) is 0 Å². The van der Waals surface area contributed by atoms with E-state index in [1.54, 1.807) is 6.20 Å². The molecule has 0 aliphatic carbocycles. The number of rotatable bonds is 1. The fourth-order valence-corrected chi connectivity index (χ4v) is 2.27. The summed E-state index contributed by atoms with van der Waals surface area (Å²) < 4.78 is 0. The van der Waals surface area contributed by atoms with E-state index in [4.69, 9.17) is 0 Å². The molecule has 4 heteroatoms. The third kappa shape index (κ3) is 1.78. The lowest BCUT2D eigenvalue weighted by Crippen LogP contribution is -2.10. The molecule has 4 nitrogen and oxygen atoms in total. The minimum atomic E-state index is 0.825. The van der Waals surface area contributed by atoms with Gasteiger partial charge >= 0.3 is 0 Å². The summed E-state index contributed by atoms with van der Waals surface area (Å²) in [5, 5.41) is 6.64. The van der Waals surface area contributed by atoms with Gasteiger partial charge in [-0.1, -0.05) is 24.3 Å². The summed E-state index contributed by atoms with van der Waals surface area (Å²) in [6, 6.07) is 15.9. The Morgan fingerprint density at radius 3 is 2.45 bits per heavy atom. The molecule has 2 N–H and O–H groups in total. The van der Waals surface area contributed by atoms with E-state index in [9.17, 15) is 0 Å². The van der Waals surface area contributed by atoms with Crippen molar-refractivity contribution in [3.05, 3.63) is 66.6 Å². The Kier molecular flexibility index (Phi) is 2.39. The Morgan fingerprint density at radius 1 is 0.800 bits per heavy atom. The van der Waals surface area contributed by atoms with Crippen LogP contribution in [0.25, 0.3) is 16.7 Å². The molecule has 4 rings (SSSR count). The van der Waals surface area contributed by atoms with Gasteiger partial charge in [0.1, 0.15) is 5.69 Å². The van der Waals surface area contributed by atoms with Crippen LogP contribution in [-0.4, -0.2) is 9.97 Å². The topological polar surface area (TPSA) is 49.8 Å². The highest BCUT2D eigenvalue weighted by atomic mass is 15.0. The van der Waals surface area contributed by atoms with E-state index in [1.807, 2.05) is 54.7 Å². The van der Waals surface area contributed by atoms with E-state index >= 15 is 0 Å². The van der Waals surface area contributed by atoms with Gasteiger partial charge in [0.15, 0.2) is 0 Å². The van der Waals surface area contributed by atoms with Crippen LogP contribution >= 0.6 is 0 Å². The molecule has 0 unspecified atom stereocenters. The molecule has 0 saturated heterocycles. The summed E-state index contributed by atoms with van der Waals surface area (Å²) in [6.45, 7) is 0. The summed E-state index contributed by atoms with van der Waals surface area (Å²) in [5.74, 6) is 0. The van der Waals surface area contributed by atoms with Crippen LogP contribution in [0, 0.1) is 0 Å². The van der Waals surface area contributed by atoms with Crippen LogP contribution in [0.2, 0.25) is 0 Å². The average Bonchev–Trinajstić information content (AvgIpc) is 2.54. The molecule has 20 heavy (non-hydrogen) atoms. The summed E-state index contributed by atoms with van der Waals surface area (Å²) in [7, 11) is 0. The number of hydrogen-bond acceptors (Lipinski definition) is 4. The first-order valence-electron chi connectivity index (χ1n) is 6.45. The van der Waals surface area contributed by atoms with Crippen LogP contribution in [0.15, 0.2) is 60.9 Å². The molecule has 0 spiro atoms. The van der Waals surface area contributed by atoms with Gasteiger partial charge in [0.25, 0.3) is 0 Å². The van der Waals surface area contributed by atoms with Crippen LogP contribution < -0.4 is 10.6 Å². The lowest BCUT2D eigenvalue weighted by Gasteiger charge is -2.19. The van der Waals surface area contributed by atoms with Crippen LogP contribution in [0.1, 0.15) is 5.69 Å². The largest absolute Gasteiger partial charge is 0.358 e. The number of anilines is 2. The number of nitrogens with one attached hydrogen (secondary N) is 2. The van der Waals surface area contributed by atoms with E-state index in [-0.39, 0.29) is 0 Å². The van der Waals surface area contributed by atoms with Crippen molar-refractivity contribution in [2.75, 3.05) is 10.6 Å². The first-order chi connectivity index (χ1) is 9.90. The predicted octanol–water partition coefficient (Wildman–Crippen LogP) is 3.47. The van der Waals surface area contributed by atoms with Crippen LogP contribution in [0.5, 0.6) is 0 Å². The van der Waals surface area contributed by atoms with E-state index in [1.165, 1.54) is 0 Å². The minimum Gasteiger partial charge on any atom is -0.358 e. The summed E-state index contributed by atoms with van der Waals surface area (Å²) in [5.41, 5.74) is 5.64. The lowest BCUT2D eigenvalue weighted by molar-refractivity contribution is 1.24. The molecule has 1 aliphatic rings. The fraction of sp³-hybridized carbons (Fsp3) is 0. The second-order valence-electron chi connectivity index (χ2n) is 4.62. The maximum atomic E-state index is 4.64. The molecule has 0 fully saturated rings. The second-order valence-corrected chi connectivity index (χ2v) is 4.62. The Balaban J connectivity index is 1.75. The predicted molar refractivity (Wildman–Crippen MR) is 81.2 cm³/mol. The molecule has 0 bridgehead atoms. The monoisotopic (exact) mass is 260 g/mol. The highest BCUT2D eigenvalue weighted by Crippen LogP contribution is 2.29. The quantitative estimate of drug-likeness (QED) is 0.703. The van der Waals surface area contributed by atoms with Crippen LogP contribution in [0.3, 0.4) is 0 Å². The van der Waals surface area contributed by atoms with Crippen molar-refractivity contribution in [3.63, 3.8) is 0 Å². The number of benzene rings is 2. The molecule has 3 aromatic rings. The highest BCUT2D eigenvalue weighted by Gasteiger charge is 2.12. The zero-order valence-corrected chi connectivity index (χ0v) is 10.7. The number of aromatic nitrogens is 2. The Hall–Kier alpha value is -2.88. The number of hydrogen-bond donors (Lipinski definition) is 2. The Morgan fingerprint density at radius 2 is 1.55 bits per heavy atom. The van der Waals surface area contributed by atoms with Gasteiger partial charge in [0.2, 0.25) is 0 Å². The van der Waals surface area contributed by atoms with Crippen molar-refractivity contribution >= 4 is 28.1 Å². The molecule has 2 aromatic carbocycles. The second kappa shape index (κ2) is 4.35. The van der Waals surface area contributed by atoms with Gasteiger partial charge in [0.05, 0.1) is 34.3 Å². The van der Waals surface area contributed by atoms with Crippen LogP contribution in [0.4, 0.5) is 11.4 Å². The van der Waals surface area contributed by atoms with Gasteiger partial charge in [-0.05, 0) is 24.3 Å². The van der Waals surface area contributed by atoms with Crippen molar-refractivity contribution < 1.29 is 0 Å². The van der Waals surface area contributed by atoms with E-state index < -0.39 is 0 Å². The number of para-hydroxylation sites is 4. The molecular formula is C16H12N4. The van der Waals surface area contributed by atoms with Gasteiger partial charge < -0.3 is 10.6 Å². The number of nitrogens with zero attached hydrogens (tertiary/aromatic N) is 2. The molecular weight excluding hydrogens is 248 g/mol. The van der Waals surface area contributed by atoms with E-state index in [0.717, 1.165) is 33.8 Å². The molecule has 96 valence electrons. The fourth-order valence-electron chi connectivity index (χ4n) is 2.27. The standard InChI is InChI=1S/C16H12N4/c1-3-7-13-11(5-1)17-9-15(19-13)16-10-18-12-6-2-4-8-14(12)20-16/h1-10,17,19H. The average molecular weight is 260 g/mol. The smallest absolute Gasteiger partial charge is 0.107 e.